The molecule has 2 N–H and O–H groups in total. The molecular formula is C20H24N2O4. The number of nitrogens with one attached hydrogen (secondary N) is 2. The van der Waals surface area contributed by atoms with E-state index in [1.807, 2.05) is 32.0 Å². The number of methoxy groups -OCH3 is 2. The van der Waals surface area contributed by atoms with Crippen molar-refractivity contribution in [2.24, 2.45) is 0 Å². The van der Waals surface area contributed by atoms with Crippen LogP contribution in [0, 0.1) is 6.92 Å². The van der Waals surface area contributed by atoms with Gasteiger partial charge in [0.1, 0.15) is 17.9 Å². The maximum absolute atomic E-state index is 12.3. The Morgan fingerprint density at radius 1 is 1.00 bits per heavy atom. The van der Waals surface area contributed by atoms with Gasteiger partial charge < -0.3 is 20.1 Å². The van der Waals surface area contributed by atoms with Crippen molar-refractivity contribution in [1.82, 2.24) is 0 Å². The fourth-order valence-electron chi connectivity index (χ4n) is 2.64. The van der Waals surface area contributed by atoms with E-state index in [9.17, 15) is 9.59 Å². The normalized spacial score (nSPS) is 10.2. The van der Waals surface area contributed by atoms with Crippen LogP contribution < -0.4 is 20.1 Å². The van der Waals surface area contributed by atoms with Crippen molar-refractivity contribution < 1.29 is 19.1 Å². The highest BCUT2D eigenvalue weighted by Gasteiger charge is 2.15. The average molecular weight is 356 g/mol. The molecule has 0 atom stereocenters. The highest BCUT2D eigenvalue weighted by Crippen LogP contribution is 2.29. The molecule has 0 bridgehead atoms. The van der Waals surface area contributed by atoms with Crippen LogP contribution in [0.3, 0.4) is 0 Å². The van der Waals surface area contributed by atoms with Gasteiger partial charge >= 0.3 is 0 Å². The Kier molecular flexibility index (Phi) is 6.60. The number of amides is 2. The molecule has 0 aliphatic heterocycles. The Balaban J connectivity index is 2.06. The van der Waals surface area contributed by atoms with E-state index in [1.165, 1.54) is 14.2 Å². The van der Waals surface area contributed by atoms with Crippen LogP contribution in [0.4, 0.5) is 11.4 Å². The summed E-state index contributed by atoms with van der Waals surface area (Å²) in [6.07, 6.45) is 0.502. The quantitative estimate of drug-likeness (QED) is 0.744. The standard InChI is InChI=1S/C20H24N2O4/c1-5-14-8-6-7-13(2)20(14)22-19(24)12-18(23)21-16-11-15(25-3)9-10-17(16)26-4/h6-11H,5,12H2,1-4H3,(H,21,23)(H,22,24). The number of carbonyl (C=O) groups is 2. The lowest BCUT2D eigenvalue weighted by atomic mass is 10.1. The second kappa shape index (κ2) is 8.89. The van der Waals surface area contributed by atoms with Crippen LogP contribution in [0.2, 0.25) is 0 Å². The largest absolute Gasteiger partial charge is 0.497 e. The first-order valence-electron chi connectivity index (χ1n) is 8.38. The van der Waals surface area contributed by atoms with E-state index in [0.29, 0.717) is 17.2 Å². The summed E-state index contributed by atoms with van der Waals surface area (Å²) in [4.78, 5) is 24.5. The number of para-hydroxylation sites is 1. The molecule has 6 heteroatoms. The van der Waals surface area contributed by atoms with Crippen LogP contribution in [0.25, 0.3) is 0 Å². The van der Waals surface area contributed by atoms with Gasteiger partial charge in [0.2, 0.25) is 11.8 Å². The smallest absolute Gasteiger partial charge is 0.233 e. The Labute approximate surface area is 153 Å². The van der Waals surface area contributed by atoms with E-state index in [-0.39, 0.29) is 12.3 Å². The van der Waals surface area contributed by atoms with Crippen molar-refractivity contribution in [1.29, 1.82) is 0 Å². The lowest BCUT2D eigenvalue weighted by Gasteiger charge is -2.14. The fourth-order valence-corrected chi connectivity index (χ4v) is 2.64. The summed E-state index contributed by atoms with van der Waals surface area (Å²) in [5, 5.41) is 5.53. The molecule has 0 saturated carbocycles. The van der Waals surface area contributed by atoms with Crippen LogP contribution in [0.5, 0.6) is 11.5 Å². The van der Waals surface area contributed by atoms with Gasteiger partial charge in [-0.25, -0.2) is 0 Å². The molecule has 0 saturated heterocycles. The Bertz CT molecular complexity index is 802. The zero-order valence-electron chi connectivity index (χ0n) is 15.5. The van der Waals surface area contributed by atoms with Crippen LogP contribution in [-0.2, 0) is 16.0 Å². The van der Waals surface area contributed by atoms with Gasteiger partial charge in [-0.1, -0.05) is 25.1 Å². The number of aryl methyl sites for hydroxylation is 2. The summed E-state index contributed by atoms with van der Waals surface area (Å²) in [5.74, 6) is 0.277. The minimum absolute atomic E-state index is 0.294. The van der Waals surface area contributed by atoms with Gasteiger partial charge in [0.25, 0.3) is 0 Å². The van der Waals surface area contributed by atoms with Crippen molar-refractivity contribution in [3.05, 3.63) is 47.5 Å². The van der Waals surface area contributed by atoms with Crippen molar-refractivity contribution in [2.75, 3.05) is 24.9 Å². The zero-order valence-corrected chi connectivity index (χ0v) is 15.5. The topological polar surface area (TPSA) is 76.7 Å². The third-order valence-electron chi connectivity index (χ3n) is 4.01. The number of hydrogen-bond acceptors (Lipinski definition) is 4. The van der Waals surface area contributed by atoms with Crippen LogP contribution in [0.1, 0.15) is 24.5 Å². The number of anilines is 2. The number of rotatable bonds is 7. The third-order valence-corrected chi connectivity index (χ3v) is 4.01. The molecule has 2 aromatic rings. The predicted molar refractivity (Wildman–Crippen MR) is 102 cm³/mol. The van der Waals surface area contributed by atoms with Crippen LogP contribution in [-0.4, -0.2) is 26.0 Å². The number of hydrogen-bond donors (Lipinski definition) is 2. The number of benzene rings is 2. The molecule has 6 nitrogen and oxygen atoms in total. The summed E-state index contributed by atoms with van der Waals surface area (Å²) in [5.41, 5.74) is 3.22. The molecule has 2 rings (SSSR count). The van der Waals surface area contributed by atoms with Gasteiger partial charge in [0.05, 0.1) is 19.9 Å². The molecule has 0 heterocycles. The van der Waals surface area contributed by atoms with E-state index >= 15 is 0 Å². The third kappa shape index (κ3) is 4.75. The molecule has 138 valence electrons. The highest BCUT2D eigenvalue weighted by atomic mass is 16.5. The van der Waals surface area contributed by atoms with Crippen molar-refractivity contribution in [2.45, 2.75) is 26.7 Å². The SMILES string of the molecule is CCc1cccc(C)c1NC(=O)CC(=O)Nc1cc(OC)ccc1OC. The average Bonchev–Trinajstić information content (AvgIpc) is 2.63. The number of carbonyl (C=O) groups excluding carboxylic acids is 2. The summed E-state index contributed by atoms with van der Waals surface area (Å²) in [7, 11) is 3.04. The van der Waals surface area contributed by atoms with Crippen molar-refractivity contribution >= 4 is 23.2 Å². The van der Waals surface area contributed by atoms with Crippen LogP contribution >= 0.6 is 0 Å². The van der Waals surface area contributed by atoms with Gasteiger partial charge in [-0.05, 0) is 36.6 Å². The Morgan fingerprint density at radius 3 is 2.38 bits per heavy atom. The van der Waals surface area contributed by atoms with Crippen molar-refractivity contribution in [3.8, 4) is 11.5 Å². The minimum Gasteiger partial charge on any atom is -0.497 e. The van der Waals surface area contributed by atoms with E-state index in [0.717, 1.165) is 23.2 Å². The summed E-state index contributed by atoms with van der Waals surface area (Å²) < 4.78 is 10.4. The van der Waals surface area contributed by atoms with Crippen molar-refractivity contribution in [3.63, 3.8) is 0 Å². The highest BCUT2D eigenvalue weighted by molar-refractivity contribution is 6.08. The van der Waals surface area contributed by atoms with E-state index in [2.05, 4.69) is 10.6 Å². The van der Waals surface area contributed by atoms with Crippen LogP contribution in [0.15, 0.2) is 36.4 Å². The fraction of sp³-hybridized carbons (Fsp3) is 0.300. The molecule has 0 unspecified atom stereocenters. The Hall–Kier alpha value is -3.02. The molecule has 26 heavy (non-hydrogen) atoms. The lowest BCUT2D eigenvalue weighted by molar-refractivity contribution is -0.123. The number of ether oxygens (including phenoxy) is 2. The molecule has 0 fully saturated rings. The Morgan fingerprint density at radius 2 is 1.73 bits per heavy atom. The van der Waals surface area contributed by atoms with E-state index in [4.69, 9.17) is 9.47 Å². The van der Waals surface area contributed by atoms with Gasteiger partial charge in [-0.15, -0.1) is 0 Å². The zero-order chi connectivity index (χ0) is 19.1. The molecule has 0 aliphatic rings. The maximum atomic E-state index is 12.3. The molecule has 0 aliphatic carbocycles. The second-order valence-electron chi connectivity index (χ2n) is 5.80. The van der Waals surface area contributed by atoms with Gasteiger partial charge in [-0.2, -0.15) is 0 Å². The van der Waals surface area contributed by atoms with Gasteiger partial charge in [0.15, 0.2) is 0 Å². The first-order chi connectivity index (χ1) is 12.5. The second-order valence-corrected chi connectivity index (χ2v) is 5.80. The predicted octanol–water partition coefficient (Wildman–Crippen LogP) is 3.54. The summed E-state index contributed by atoms with van der Waals surface area (Å²) in [6.45, 7) is 3.95. The molecule has 0 aromatic heterocycles. The molecule has 2 aromatic carbocycles. The van der Waals surface area contributed by atoms with E-state index in [1.54, 1.807) is 18.2 Å². The molecule has 0 spiro atoms. The minimum atomic E-state index is -0.430. The van der Waals surface area contributed by atoms with Gasteiger partial charge in [-0.3, -0.25) is 9.59 Å². The van der Waals surface area contributed by atoms with Gasteiger partial charge in [0, 0.05) is 11.8 Å². The molecular weight excluding hydrogens is 332 g/mol. The lowest BCUT2D eigenvalue weighted by Crippen LogP contribution is -2.22. The maximum Gasteiger partial charge on any atom is 0.233 e. The monoisotopic (exact) mass is 356 g/mol. The summed E-state index contributed by atoms with van der Waals surface area (Å²) in [6, 6.07) is 10.9. The summed E-state index contributed by atoms with van der Waals surface area (Å²) >= 11 is 0. The van der Waals surface area contributed by atoms with E-state index < -0.39 is 5.91 Å². The first kappa shape index (κ1) is 19.3. The first-order valence-corrected chi connectivity index (χ1v) is 8.38. The molecule has 0 radical (unpaired) electrons. The molecule has 2 amide bonds.